The number of nitrogens with zero attached hydrogens (tertiary/aromatic N) is 3. The first kappa shape index (κ1) is 16.4. The Balaban J connectivity index is 1.81. The Morgan fingerprint density at radius 3 is 2.33 bits per heavy atom. The minimum Gasteiger partial charge on any atom is -0.339 e. The molecule has 0 bridgehead atoms. The van der Waals surface area contributed by atoms with Crippen molar-refractivity contribution in [2.75, 3.05) is 10.6 Å². The van der Waals surface area contributed by atoms with Crippen LogP contribution in [0.3, 0.4) is 0 Å². The number of nitrogens with one attached hydrogen (secondary N) is 2. The Hall–Kier alpha value is -2.47. The van der Waals surface area contributed by atoms with Crippen molar-refractivity contribution in [3.63, 3.8) is 0 Å². The van der Waals surface area contributed by atoms with E-state index in [4.69, 9.17) is 0 Å². The number of aryl methyl sites for hydroxylation is 3. The first-order valence-electron chi connectivity index (χ1n) is 7.58. The molecule has 0 aliphatic carbocycles. The van der Waals surface area contributed by atoms with Crippen molar-refractivity contribution < 1.29 is 0 Å². The van der Waals surface area contributed by atoms with Crippen LogP contribution in [0.15, 0.2) is 47.1 Å². The lowest BCUT2D eigenvalue weighted by atomic mass is 10.1. The molecule has 122 valence electrons. The molecule has 0 amide bonds. The molecule has 0 saturated heterocycles. The summed E-state index contributed by atoms with van der Waals surface area (Å²) in [6, 6.07) is 12.3. The molecule has 0 saturated carbocycles. The van der Waals surface area contributed by atoms with Gasteiger partial charge in [-0.3, -0.25) is 0 Å². The summed E-state index contributed by atoms with van der Waals surface area (Å²) < 4.78 is 0.957. The second-order valence-electron chi connectivity index (χ2n) is 5.77. The minimum absolute atomic E-state index is 0.439. The summed E-state index contributed by atoms with van der Waals surface area (Å²) in [6.45, 7) is 6.18. The topological polar surface area (TPSA) is 62.7 Å². The number of anilines is 4. The fraction of sp³-hybridized carbons (Fsp3) is 0.167. The van der Waals surface area contributed by atoms with Crippen LogP contribution in [0, 0.1) is 20.8 Å². The summed E-state index contributed by atoms with van der Waals surface area (Å²) in [6.07, 6.45) is 1.60. The average molecular weight is 384 g/mol. The van der Waals surface area contributed by atoms with Gasteiger partial charge in [0.1, 0.15) is 0 Å². The first-order valence-corrected chi connectivity index (χ1v) is 8.37. The highest BCUT2D eigenvalue weighted by atomic mass is 79.9. The SMILES string of the molecule is Cc1cc(C)cc(Nc2cnnc(Nc3ccc(C)cc3Br)n2)c1. The highest BCUT2D eigenvalue weighted by molar-refractivity contribution is 9.10. The summed E-state index contributed by atoms with van der Waals surface area (Å²) in [7, 11) is 0. The van der Waals surface area contributed by atoms with Crippen LogP contribution in [0.25, 0.3) is 0 Å². The average Bonchev–Trinajstić information content (AvgIpc) is 2.49. The van der Waals surface area contributed by atoms with Crippen LogP contribution >= 0.6 is 15.9 Å². The van der Waals surface area contributed by atoms with Crippen molar-refractivity contribution in [2.45, 2.75) is 20.8 Å². The molecule has 5 nitrogen and oxygen atoms in total. The van der Waals surface area contributed by atoms with Crippen LogP contribution in [-0.4, -0.2) is 15.2 Å². The van der Waals surface area contributed by atoms with Crippen LogP contribution in [0.2, 0.25) is 0 Å². The van der Waals surface area contributed by atoms with E-state index in [2.05, 4.69) is 73.8 Å². The van der Waals surface area contributed by atoms with Gasteiger partial charge in [-0.25, -0.2) is 0 Å². The maximum absolute atomic E-state index is 4.47. The predicted molar refractivity (Wildman–Crippen MR) is 101 cm³/mol. The van der Waals surface area contributed by atoms with E-state index in [1.165, 1.54) is 16.7 Å². The summed E-state index contributed by atoms with van der Waals surface area (Å²) in [5, 5.41) is 14.5. The third-order valence-electron chi connectivity index (χ3n) is 3.42. The van der Waals surface area contributed by atoms with Crippen LogP contribution in [0.4, 0.5) is 23.1 Å². The number of halogens is 1. The molecule has 2 N–H and O–H groups in total. The Labute approximate surface area is 149 Å². The van der Waals surface area contributed by atoms with Crippen molar-refractivity contribution >= 4 is 39.1 Å². The van der Waals surface area contributed by atoms with Crippen molar-refractivity contribution in [1.29, 1.82) is 0 Å². The maximum atomic E-state index is 4.47. The van der Waals surface area contributed by atoms with Crippen molar-refractivity contribution in [3.8, 4) is 0 Å². The Kier molecular flexibility index (Phi) is 4.76. The first-order chi connectivity index (χ1) is 11.5. The van der Waals surface area contributed by atoms with E-state index in [-0.39, 0.29) is 0 Å². The number of aromatic nitrogens is 3. The molecular weight excluding hydrogens is 366 g/mol. The minimum atomic E-state index is 0.439. The van der Waals surface area contributed by atoms with Gasteiger partial charge in [0.05, 0.1) is 11.9 Å². The standard InChI is InChI=1S/C18H18BrN5/c1-11-4-5-16(15(19)9-11)22-18-23-17(10-20-24-18)21-14-7-12(2)6-13(3)8-14/h4-10H,1-3H3,(H2,21,22,23,24). The zero-order valence-electron chi connectivity index (χ0n) is 13.8. The van der Waals surface area contributed by atoms with E-state index in [9.17, 15) is 0 Å². The number of rotatable bonds is 4. The van der Waals surface area contributed by atoms with Crippen LogP contribution in [-0.2, 0) is 0 Å². The molecule has 2 aromatic carbocycles. The van der Waals surface area contributed by atoms with Gasteiger partial charge in [-0.1, -0.05) is 12.1 Å². The molecule has 0 spiro atoms. The van der Waals surface area contributed by atoms with E-state index < -0.39 is 0 Å². The quantitative estimate of drug-likeness (QED) is 0.659. The molecule has 0 aliphatic heterocycles. The highest BCUT2D eigenvalue weighted by Crippen LogP contribution is 2.26. The van der Waals surface area contributed by atoms with Gasteiger partial charge < -0.3 is 10.6 Å². The molecule has 3 aromatic rings. The number of hydrogen-bond donors (Lipinski definition) is 2. The molecule has 6 heteroatoms. The Morgan fingerprint density at radius 2 is 1.62 bits per heavy atom. The van der Waals surface area contributed by atoms with Crippen molar-refractivity contribution in [3.05, 3.63) is 63.8 Å². The van der Waals surface area contributed by atoms with Crippen LogP contribution in [0.5, 0.6) is 0 Å². The zero-order chi connectivity index (χ0) is 17.1. The lowest BCUT2D eigenvalue weighted by Crippen LogP contribution is -2.03. The second kappa shape index (κ2) is 6.97. The molecule has 0 aliphatic rings. The second-order valence-corrected chi connectivity index (χ2v) is 6.63. The van der Waals surface area contributed by atoms with Gasteiger partial charge >= 0.3 is 0 Å². The summed E-state index contributed by atoms with van der Waals surface area (Å²) in [5.74, 6) is 1.08. The molecule has 3 rings (SSSR count). The molecule has 0 radical (unpaired) electrons. The van der Waals surface area contributed by atoms with Gasteiger partial charge in [0.25, 0.3) is 0 Å². The van der Waals surface area contributed by atoms with E-state index >= 15 is 0 Å². The Morgan fingerprint density at radius 1 is 0.875 bits per heavy atom. The summed E-state index contributed by atoms with van der Waals surface area (Å²) in [5.41, 5.74) is 5.45. The van der Waals surface area contributed by atoms with Gasteiger partial charge in [-0.2, -0.15) is 10.1 Å². The number of benzene rings is 2. The normalized spacial score (nSPS) is 10.5. The molecule has 0 fully saturated rings. The van der Waals surface area contributed by atoms with Gasteiger partial charge in [-0.15, -0.1) is 5.10 Å². The monoisotopic (exact) mass is 383 g/mol. The van der Waals surface area contributed by atoms with E-state index in [0.717, 1.165) is 15.8 Å². The third-order valence-corrected chi connectivity index (χ3v) is 4.08. The molecule has 0 unspecified atom stereocenters. The zero-order valence-corrected chi connectivity index (χ0v) is 15.3. The van der Waals surface area contributed by atoms with E-state index in [1.54, 1.807) is 6.20 Å². The fourth-order valence-electron chi connectivity index (χ4n) is 2.45. The Bertz CT molecular complexity index is 859. The number of hydrogen-bond acceptors (Lipinski definition) is 5. The summed E-state index contributed by atoms with van der Waals surface area (Å²) >= 11 is 3.54. The van der Waals surface area contributed by atoms with Gasteiger partial charge in [0, 0.05) is 10.2 Å². The fourth-order valence-corrected chi connectivity index (χ4v) is 3.05. The van der Waals surface area contributed by atoms with E-state index in [1.807, 2.05) is 25.1 Å². The third kappa shape index (κ3) is 4.08. The predicted octanol–water partition coefficient (Wildman–Crippen LogP) is 5.05. The highest BCUT2D eigenvalue weighted by Gasteiger charge is 2.05. The molecule has 1 aromatic heterocycles. The molecular formula is C18H18BrN5. The molecule has 24 heavy (non-hydrogen) atoms. The van der Waals surface area contributed by atoms with E-state index in [0.29, 0.717) is 11.8 Å². The van der Waals surface area contributed by atoms with Crippen molar-refractivity contribution in [2.24, 2.45) is 0 Å². The molecule has 1 heterocycles. The van der Waals surface area contributed by atoms with Crippen LogP contribution < -0.4 is 10.6 Å². The maximum Gasteiger partial charge on any atom is 0.249 e. The van der Waals surface area contributed by atoms with Gasteiger partial charge in [-0.05, 0) is 77.7 Å². The molecule has 0 atom stereocenters. The summed E-state index contributed by atoms with van der Waals surface area (Å²) in [4.78, 5) is 4.47. The van der Waals surface area contributed by atoms with Crippen LogP contribution in [0.1, 0.15) is 16.7 Å². The van der Waals surface area contributed by atoms with Gasteiger partial charge in [0.2, 0.25) is 5.95 Å². The lowest BCUT2D eigenvalue weighted by molar-refractivity contribution is 0.982. The largest absolute Gasteiger partial charge is 0.339 e. The van der Waals surface area contributed by atoms with Crippen molar-refractivity contribution in [1.82, 2.24) is 15.2 Å². The smallest absolute Gasteiger partial charge is 0.249 e. The lowest BCUT2D eigenvalue weighted by Gasteiger charge is -2.10. The van der Waals surface area contributed by atoms with Gasteiger partial charge in [0.15, 0.2) is 5.82 Å².